The van der Waals surface area contributed by atoms with E-state index in [9.17, 15) is 29.1 Å². The third-order valence-electron chi connectivity index (χ3n) is 6.01. The Hall–Kier alpha value is -2.69. The molecule has 4 amide bonds. The molecule has 11 nitrogen and oxygen atoms in total. The van der Waals surface area contributed by atoms with Gasteiger partial charge in [-0.3, -0.25) is 19.2 Å². The molecule has 2 aliphatic rings. The molecule has 2 aliphatic heterocycles. The summed E-state index contributed by atoms with van der Waals surface area (Å²) >= 11 is 0. The summed E-state index contributed by atoms with van der Waals surface area (Å²) in [6.07, 6.45) is 2.65. The molecule has 0 aromatic carbocycles. The lowest BCUT2D eigenvalue weighted by molar-refractivity contribution is -0.146. The number of primary amides is 1. The van der Waals surface area contributed by atoms with E-state index in [1.807, 2.05) is 13.8 Å². The predicted molar refractivity (Wildman–Crippen MR) is 111 cm³/mol. The molecule has 5 unspecified atom stereocenters. The number of carbonyl (C=O) groups is 5. The number of likely N-dealkylation sites (tertiary alicyclic amines) is 1. The summed E-state index contributed by atoms with van der Waals surface area (Å²) in [6, 6.07) is -3.44. The van der Waals surface area contributed by atoms with Crippen molar-refractivity contribution in [2.24, 2.45) is 11.7 Å². The maximum absolute atomic E-state index is 13.3. The molecule has 2 saturated heterocycles. The first-order valence-corrected chi connectivity index (χ1v) is 10.8. The lowest BCUT2D eigenvalue weighted by atomic mass is 9.96. The highest BCUT2D eigenvalue weighted by Gasteiger charge is 2.40. The van der Waals surface area contributed by atoms with E-state index in [4.69, 9.17) is 5.73 Å². The molecule has 0 radical (unpaired) electrons. The Labute approximate surface area is 181 Å². The van der Waals surface area contributed by atoms with Gasteiger partial charge in [-0.05, 0) is 38.1 Å². The van der Waals surface area contributed by atoms with Gasteiger partial charge in [0.2, 0.25) is 23.6 Å². The Morgan fingerprint density at radius 3 is 2.39 bits per heavy atom. The molecule has 0 aromatic rings. The van der Waals surface area contributed by atoms with Gasteiger partial charge < -0.3 is 31.7 Å². The molecule has 0 bridgehead atoms. The lowest BCUT2D eigenvalue weighted by Gasteiger charge is -2.32. The van der Waals surface area contributed by atoms with Crippen molar-refractivity contribution in [3.8, 4) is 0 Å². The molecular formula is C20H33N5O6. The summed E-state index contributed by atoms with van der Waals surface area (Å²) in [5.41, 5.74) is 5.06. The predicted octanol–water partition coefficient (Wildman–Crippen LogP) is -1.29. The van der Waals surface area contributed by atoms with Crippen molar-refractivity contribution in [1.29, 1.82) is 0 Å². The van der Waals surface area contributed by atoms with Crippen molar-refractivity contribution < 1.29 is 29.1 Å². The number of rotatable bonds is 10. The molecule has 5 atom stereocenters. The van der Waals surface area contributed by atoms with Gasteiger partial charge in [-0.15, -0.1) is 0 Å². The molecule has 31 heavy (non-hydrogen) atoms. The summed E-state index contributed by atoms with van der Waals surface area (Å²) in [5.74, 6) is -3.62. The standard InChI is InChI=1S/C20H33N5O6/c1-3-11(2)16(24-17(27)12-6-4-8-22-12)19(29)25-9-5-7-14(25)18(28)23-13(20(30)31)10-15(21)26/h11-14,16,22H,3-10H2,1-2H3,(H2,21,26)(H,23,28)(H,24,27)(H,30,31). The molecule has 0 aromatic heterocycles. The third-order valence-corrected chi connectivity index (χ3v) is 6.01. The van der Waals surface area contributed by atoms with E-state index in [0.717, 1.165) is 13.0 Å². The van der Waals surface area contributed by atoms with Gasteiger partial charge in [-0.1, -0.05) is 20.3 Å². The Morgan fingerprint density at radius 1 is 1.13 bits per heavy atom. The minimum atomic E-state index is -1.46. The topological polar surface area (TPSA) is 171 Å². The molecule has 0 spiro atoms. The zero-order valence-electron chi connectivity index (χ0n) is 18.1. The van der Waals surface area contributed by atoms with Crippen molar-refractivity contribution in [2.75, 3.05) is 13.1 Å². The van der Waals surface area contributed by atoms with Crippen LogP contribution < -0.4 is 21.7 Å². The zero-order valence-corrected chi connectivity index (χ0v) is 18.1. The van der Waals surface area contributed by atoms with Gasteiger partial charge in [0.15, 0.2) is 0 Å². The highest BCUT2D eigenvalue weighted by molar-refractivity contribution is 5.95. The summed E-state index contributed by atoms with van der Waals surface area (Å²) in [5, 5.41) is 17.5. The second-order valence-corrected chi connectivity index (χ2v) is 8.28. The quantitative estimate of drug-likeness (QED) is 0.282. The van der Waals surface area contributed by atoms with Gasteiger partial charge in [0, 0.05) is 6.54 Å². The van der Waals surface area contributed by atoms with E-state index >= 15 is 0 Å². The fraction of sp³-hybridized carbons (Fsp3) is 0.750. The molecule has 2 rings (SSSR count). The average molecular weight is 440 g/mol. The fourth-order valence-electron chi connectivity index (χ4n) is 4.00. The number of carbonyl (C=O) groups excluding carboxylic acids is 4. The van der Waals surface area contributed by atoms with Gasteiger partial charge in [-0.25, -0.2) is 4.79 Å². The van der Waals surface area contributed by atoms with Crippen molar-refractivity contribution in [3.63, 3.8) is 0 Å². The number of carboxylic acids is 1. The third kappa shape index (κ3) is 6.39. The van der Waals surface area contributed by atoms with E-state index in [0.29, 0.717) is 32.2 Å². The second kappa shape index (κ2) is 11.1. The maximum atomic E-state index is 13.3. The minimum Gasteiger partial charge on any atom is -0.480 e. The summed E-state index contributed by atoms with van der Waals surface area (Å²) in [6.45, 7) is 4.86. The second-order valence-electron chi connectivity index (χ2n) is 8.28. The largest absolute Gasteiger partial charge is 0.480 e. The van der Waals surface area contributed by atoms with Crippen molar-refractivity contribution in [2.45, 2.75) is 76.5 Å². The van der Waals surface area contributed by atoms with Gasteiger partial charge in [0.05, 0.1) is 12.5 Å². The van der Waals surface area contributed by atoms with Gasteiger partial charge in [0.25, 0.3) is 0 Å². The first-order valence-electron chi connectivity index (χ1n) is 10.8. The minimum absolute atomic E-state index is 0.149. The molecule has 2 fully saturated rings. The number of hydrogen-bond acceptors (Lipinski definition) is 6. The molecule has 6 N–H and O–H groups in total. The summed E-state index contributed by atoms with van der Waals surface area (Å²) < 4.78 is 0. The Bertz CT molecular complexity index is 708. The van der Waals surface area contributed by atoms with Crippen LogP contribution in [0.25, 0.3) is 0 Å². The number of aliphatic carboxylic acids is 1. The van der Waals surface area contributed by atoms with Crippen LogP contribution in [0.4, 0.5) is 0 Å². The maximum Gasteiger partial charge on any atom is 0.326 e. The van der Waals surface area contributed by atoms with Crippen LogP contribution in [-0.2, 0) is 24.0 Å². The highest BCUT2D eigenvalue weighted by atomic mass is 16.4. The Kier molecular flexibility index (Phi) is 8.78. The number of amides is 4. The van der Waals surface area contributed by atoms with Crippen LogP contribution in [0.15, 0.2) is 0 Å². The van der Waals surface area contributed by atoms with Crippen LogP contribution >= 0.6 is 0 Å². The zero-order chi connectivity index (χ0) is 23.1. The SMILES string of the molecule is CCC(C)C(NC(=O)C1CCCN1)C(=O)N1CCCC1C(=O)NC(CC(N)=O)C(=O)O. The van der Waals surface area contributed by atoms with Crippen molar-refractivity contribution in [3.05, 3.63) is 0 Å². The molecule has 0 saturated carbocycles. The molecular weight excluding hydrogens is 406 g/mol. The first-order chi connectivity index (χ1) is 14.6. The Balaban J connectivity index is 2.11. The summed E-state index contributed by atoms with van der Waals surface area (Å²) in [4.78, 5) is 62.5. The number of hydrogen-bond donors (Lipinski definition) is 5. The number of nitrogens with one attached hydrogen (secondary N) is 3. The number of nitrogens with zero attached hydrogens (tertiary/aromatic N) is 1. The Morgan fingerprint density at radius 2 is 1.84 bits per heavy atom. The van der Waals surface area contributed by atoms with Gasteiger partial charge in [0.1, 0.15) is 18.1 Å². The van der Waals surface area contributed by atoms with Crippen LogP contribution in [0.3, 0.4) is 0 Å². The molecule has 2 heterocycles. The number of nitrogens with two attached hydrogens (primary N) is 1. The van der Waals surface area contributed by atoms with Gasteiger partial charge in [-0.2, -0.15) is 0 Å². The van der Waals surface area contributed by atoms with Gasteiger partial charge >= 0.3 is 5.97 Å². The molecule has 0 aliphatic carbocycles. The summed E-state index contributed by atoms with van der Waals surface area (Å²) in [7, 11) is 0. The van der Waals surface area contributed by atoms with E-state index in [2.05, 4.69) is 16.0 Å². The first kappa shape index (κ1) is 24.6. The lowest BCUT2D eigenvalue weighted by Crippen LogP contribution is -2.58. The number of carboxylic acid groups (broad SMARTS) is 1. The van der Waals surface area contributed by atoms with Crippen molar-refractivity contribution >= 4 is 29.6 Å². The monoisotopic (exact) mass is 439 g/mol. The van der Waals surface area contributed by atoms with E-state index in [1.54, 1.807) is 0 Å². The molecule has 174 valence electrons. The van der Waals surface area contributed by atoms with Crippen LogP contribution in [0, 0.1) is 5.92 Å². The van der Waals surface area contributed by atoms with E-state index in [1.165, 1.54) is 4.90 Å². The highest BCUT2D eigenvalue weighted by Crippen LogP contribution is 2.22. The van der Waals surface area contributed by atoms with Crippen LogP contribution in [0.2, 0.25) is 0 Å². The van der Waals surface area contributed by atoms with Crippen molar-refractivity contribution in [1.82, 2.24) is 20.9 Å². The van der Waals surface area contributed by atoms with Crippen LogP contribution in [0.1, 0.15) is 52.4 Å². The smallest absolute Gasteiger partial charge is 0.326 e. The van der Waals surface area contributed by atoms with E-state index < -0.39 is 42.3 Å². The van der Waals surface area contributed by atoms with E-state index in [-0.39, 0.29) is 23.8 Å². The van der Waals surface area contributed by atoms with Crippen LogP contribution in [-0.4, -0.2) is 76.9 Å². The molecule has 11 heteroatoms. The van der Waals surface area contributed by atoms with Crippen LogP contribution in [0.5, 0.6) is 0 Å². The normalized spacial score (nSPS) is 23.6. The fourth-order valence-corrected chi connectivity index (χ4v) is 4.00. The average Bonchev–Trinajstić information content (AvgIpc) is 3.41.